The Morgan fingerprint density at radius 1 is 1.44 bits per heavy atom. The van der Waals surface area contributed by atoms with E-state index in [4.69, 9.17) is 5.73 Å². The molecule has 1 heterocycles. The van der Waals surface area contributed by atoms with Crippen molar-refractivity contribution in [3.8, 4) is 0 Å². The highest BCUT2D eigenvalue weighted by atomic mass is 19.1. The predicted molar refractivity (Wildman–Crippen MR) is 72.0 cm³/mol. The second-order valence-corrected chi connectivity index (χ2v) is 5.09. The molecule has 0 amide bonds. The molecule has 0 bridgehead atoms. The van der Waals surface area contributed by atoms with E-state index >= 15 is 0 Å². The van der Waals surface area contributed by atoms with E-state index < -0.39 is 0 Å². The summed E-state index contributed by atoms with van der Waals surface area (Å²) in [5.41, 5.74) is 6.44. The quantitative estimate of drug-likeness (QED) is 0.888. The van der Waals surface area contributed by atoms with Crippen LogP contribution < -0.4 is 5.73 Å². The van der Waals surface area contributed by atoms with Gasteiger partial charge in [-0.1, -0.05) is 25.1 Å². The molecular formula is C14H20FN3. The number of aliphatic imine (C=N–C) groups is 1. The fourth-order valence-corrected chi connectivity index (χ4v) is 2.51. The molecule has 4 heteroatoms. The van der Waals surface area contributed by atoms with Crippen LogP contribution in [-0.2, 0) is 6.42 Å². The third-order valence-corrected chi connectivity index (χ3v) is 3.49. The van der Waals surface area contributed by atoms with Gasteiger partial charge in [0.15, 0.2) is 5.96 Å². The molecule has 1 aliphatic heterocycles. The van der Waals surface area contributed by atoms with Crippen molar-refractivity contribution in [1.29, 1.82) is 0 Å². The smallest absolute Gasteiger partial charge is 0.191 e. The van der Waals surface area contributed by atoms with E-state index in [1.165, 1.54) is 6.07 Å². The fourth-order valence-electron chi connectivity index (χ4n) is 2.51. The van der Waals surface area contributed by atoms with Gasteiger partial charge < -0.3 is 10.6 Å². The van der Waals surface area contributed by atoms with Gasteiger partial charge in [0.1, 0.15) is 5.82 Å². The molecule has 0 aliphatic carbocycles. The number of rotatable bonds is 4. The molecule has 0 aromatic heterocycles. The summed E-state index contributed by atoms with van der Waals surface area (Å²) in [6, 6.07) is 6.91. The van der Waals surface area contributed by atoms with Crippen molar-refractivity contribution in [2.24, 2.45) is 10.7 Å². The Hall–Kier alpha value is -1.58. The number of hydrogen-bond acceptors (Lipinski definition) is 3. The Kier molecular flexibility index (Phi) is 3.55. The minimum Gasteiger partial charge on any atom is -0.370 e. The van der Waals surface area contributed by atoms with Crippen LogP contribution in [0.5, 0.6) is 0 Å². The normalized spacial score (nSPS) is 23.3. The van der Waals surface area contributed by atoms with Crippen molar-refractivity contribution in [2.45, 2.75) is 32.2 Å². The Labute approximate surface area is 108 Å². The Balaban J connectivity index is 2.20. The number of nitrogens with two attached hydrogens (primary N) is 1. The molecule has 18 heavy (non-hydrogen) atoms. The second-order valence-electron chi connectivity index (χ2n) is 5.09. The summed E-state index contributed by atoms with van der Waals surface area (Å²) in [5, 5.41) is 0. The third-order valence-electron chi connectivity index (χ3n) is 3.49. The molecule has 1 aromatic carbocycles. The first kappa shape index (κ1) is 12.9. The average Bonchev–Trinajstić information content (AvgIpc) is 2.61. The zero-order chi connectivity index (χ0) is 13.2. The van der Waals surface area contributed by atoms with Gasteiger partial charge in [-0.15, -0.1) is 0 Å². The summed E-state index contributed by atoms with van der Waals surface area (Å²) in [6.07, 6.45) is 1.63. The highest BCUT2D eigenvalue weighted by Gasteiger charge is 2.37. The van der Waals surface area contributed by atoms with E-state index in [0.717, 1.165) is 18.5 Å². The van der Waals surface area contributed by atoms with Crippen LogP contribution in [0.2, 0.25) is 0 Å². The molecule has 1 unspecified atom stereocenters. The molecule has 0 saturated heterocycles. The van der Waals surface area contributed by atoms with Gasteiger partial charge in [-0.25, -0.2) is 4.39 Å². The Morgan fingerprint density at radius 2 is 2.17 bits per heavy atom. The second kappa shape index (κ2) is 4.96. The van der Waals surface area contributed by atoms with E-state index in [1.807, 2.05) is 12.1 Å². The zero-order valence-electron chi connectivity index (χ0n) is 11.0. The van der Waals surface area contributed by atoms with E-state index in [-0.39, 0.29) is 11.4 Å². The number of guanidine groups is 1. The third kappa shape index (κ3) is 2.33. The lowest BCUT2D eigenvalue weighted by atomic mass is 9.91. The molecule has 0 fully saturated rings. The largest absolute Gasteiger partial charge is 0.370 e. The van der Waals surface area contributed by atoms with Crippen molar-refractivity contribution in [3.63, 3.8) is 0 Å². The minimum atomic E-state index is -0.206. The number of halogens is 1. The lowest BCUT2D eigenvalue weighted by Crippen LogP contribution is -2.51. The van der Waals surface area contributed by atoms with Crippen molar-refractivity contribution >= 4 is 5.96 Å². The van der Waals surface area contributed by atoms with Crippen LogP contribution in [0.4, 0.5) is 4.39 Å². The molecule has 98 valence electrons. The molecule has 1 atom stereocenters. The van der Waals surface area contributed by atoms with Crippen LogP contribution in [0.1, 0.15) is 25.8 Å². The maximum atomic E-state index is 13.7. The van der Waals surface area contributed by atoms with Crippen molar-refractivity contribution < 1.29 is 4.39 Å². The van der Waals surface area contributed by atoms with E-state index in [9.17, 15) is 4.39 Å². The highest BCUT2D eigenvalue weighted by Crippen LogP contribution is 2.27. The van der Waals surface area contributed by atoms with Gasteiger partial charge in [0, 0.05) is 13.0 Å². The standard InChI is InChI=1S/C14H20FN3/c1-3-8-18-13(16)17-10-14(18,2)9-11-6-4-5-7-12(11)15/h4-7H,3,8-10H2,1-2H3,(H2,16,17). The number of nitrogens with zero attached hydrogens (tertiary/aromatic N) is 2. The van der Waals surface area contributed by atoms with Gasteiger partial charge in [-0.2, -0.15) is 0 Å². The number of hydrogen-bond donors (Lipinski definition) is 1. The summed E-state index contributed by atoms with van der Waals surface area (Å²) in [5.74, 6) is 0.427. The molecule has 0 saturated carbocycles. The van der Waals surface area contributed by atoms with Crippen LogP contribution >= 0.6 is 0 Å². The van der Waals surface area contributed by atoms with E-state index in [0.29, 0.717) is 18.9 Å². The summed E-state index contributed by atoms with van der Waals surface area (Å²) < 4.78 is 13.7. The molecular weight excluding hydrogens is 229 g/mol. The molecule has 2 N–H and O–H groups in total. The highest BCUT2D eigenvalue weighted by molar-refractivity contribution is 5.81. The minimum absolute atomic E-state index is 0.152. The molecule has 0 spiro atoms. The summed E-state index contributed by atoms with van der Waals surface area (Å²) in [7, 11) is 0. The van der Waals surface area contributed by atoms with Crippen LogP contribution in [-0.4, -0.2) is 29.5 Å². The lowest BCUT2D eigenvalue weighted by molar-refractivity contribution is 0.219. The first-order chi connectivity index (χ1) is 8.57. The van der Waals surface area contributed by atoms with Crippen molar-refractivity contribution in [3.05, 3.63) is 35.6 Å². The molecule has 1 aliphatic rings. The molecule has 0 radical (unpaired) electrons. The van der Waals surface area contributed by atoms with Gasteiger partial charge in [0.05, 0.1) is 12.1 Å². The van der Waals surface area contributed by atoms with Gasteiger partial charge in [-0.3, -0.25) is 4.99 Å². The number of benzene rings is 1. The van der Waals surface area contributed by atoms with Crippen molar-refractivity contribution in [1.82, 2.24) is 4.90 Å². The van der Waals surface area contributed by atoms with Crippen LogP contribution in [0.3, 0.4) is 0 Å². The maximum Gasteiger partial charge on any atom is 0.191 e. The predicted octanol–water partition coefficient (Wildman–Crippen LogP) is 2.17. The topological polar surface area (TPSA) is 41.6 Å². The van der Waals surface area contributed by atoms with E-state index in [2.05, 4.69) is 23.7 Å². The molecule has 1 aromatic rings. The summed E-state index contributed by atoms with van der Waals surface area (Å²) in [6.45, 7) is 5.70. The average molecular weight is 249 g/mol. The van der Waals surface area contributed by atoms with Crippen molar-refractivity contribution in [2.75, 3.05) is 13.1 Å². The van der Waals surface area contributed by atoms with Gasteiger partial charge >= 0.3 is 0 Å². The first-order valence-electron chi connectivity index (χ1n) is 6.38. The first-order valence-corrected chi connectivity index (χ1v) is 6.38. The molecule has 3 nitrogen and oxygen atoms in total. The van der Waals surface area contributed by atoms with Crippen LogP contribution in [0.25, 0.3) is 0 Å². The van der Waals surface area contributed by atoms with Gasteiger partial charge in [0.2, 0.25) is 0 Å². The Morgan fingerprint density at radius 3 is 2.83 bits per heavy atom. The van der Waals surface area contributed by atoms with Crippen LogP contribution in [0.15, 0.2) is 29.3 Å². The van der Waals surface area contributed by atoms with Crippen LogP contribution in [0, 0.1) is 5.82 Å². The SMILES string of the molecule is CCCN1C(N)=NCC1(C)Cc1ccccc1F. The zero-order valence-corrected chi connectivity index (χ0v) is 11.0. The lowest BCUT2D eigenvalue weighted by Gasteiger charge is -2.36. The monoisotopic (exact) mass is 249 g/mol. The van der Waals surface area contributed by atoms with E-state index in [1.54, 1.807) is 6.07 Å². The van der Waals surface area contributed by atoms with Gasteiger partial charge in [0.25, 0.3) is 0 Å². The summed E-state index contributed by atoms with van der Waals surface area (Å²) >= 11 is 0. The molecule has 2 rings (SSSR count). The maximum absolute atomic E-state index is 13.7. The Bertz CT molecular complexity index is 458. The fraction of sp³-hybridized carbons (Fsp3) is 0.500. The summed E-state index contributed by atoms with van der Waals surface area (Å²) in [4.78, 5) is 6.41. The van der Waals surface area contributed by atoms with Gasteiger partial charge in [-0.05, 0) is 25.0 Å².